The molecule has 0 amide bonds. The molecule has 0 saturated heterocycles. The zero-order valence-electron chi connectivity index (χ0n) is 22.0. The number of nitrogens with one attached hydrogen (secondary N) is 1. The number of nitrogens with zero attached hydrogens (tertiary/aromatic N) is 3. The van der Waals surface area contributed by atoms with Gasteiger partial charge in [0, 0.05) is 13.1 Å². The first-order chi connectivity index (χ1) is 17.0. The van der Waals surface area contributed by atoms with Crippen LogP contribution in [0.2, 0.25) is 18.1 Å². The van der Waals surface area contributed by atoms with E-state index in [2.05, 4.69) is 49.1 Å². The number of carbonyl (C=O) groups is 1. The Balaban J connectivity index is 1.44. The van der Waals surface area contributed by atoms with Crippen molar-refractivity contribution in [3.63, 3.8) is 0 Å². The molecular weight excluding hydrogens is 476 g/mol. The fraction of sp³-hybridized carbons (Fsp3) is 0.423. The van der Waals surface area contributed by atoms with Crippen molar-refractivity contribution in [1.82, 2.24) is 14.5 Å². The predicted octanol–water partition coefficient (Wildman–Crippen LogP) is 6.04. The van der Waals surface area contributed by atoms with Gasteiger partial charge in [-0.25, -0.2) is 9.78 Å². The lowest BCUT2D eigenvalue weighted by Gasteiger charge is -2.36. The summed E-state index contributed by atoms with van der Waals surface area (Å²) in [5.74, 6) is 0.859. The van der Waals surface area contributed by atoms with Gasteiger partial charge in [-0.3, -0.25) is 5.32 Å². The van der Waals surface area contributed by atoms with Crippen molar-refractivity contribution in [3.05, 3.63) is 42.0 Å². The standard InChI is InChI=1S/C26H34N4O5Si/c1-8-32-23(31)17-9-12-21-20(15-17)27-24(30(21)5)29-25-28-19-11-10-18(16-22(19)35-25)33-13-14-34-36(6,7)26(2,3)4/h9-12,15-16H,8,13-14H2,1-7H3,(H,27,28,29). The third-order valence-corrected chi connectivity index (χ3v) is 11.1. The molecule has 2 heterocycles. The Morgan fingerprint density at radius 3 is 2.58 bits per heavy atom. The van der Waals surface area contributed by atoms with Crippen LogP contribution in [0.4, 0.5) is 12.0 Å². The molecule has 0 aliphatic carbocycles. The minimum atomic E-state index is -1.80. The minimum absolute atomic E-state index is 0.164. The number of fused-ring (bicyclic) bond motifs is 2. The summed E-state index contributed by atoms with van der Waals surface area (Å²) in [7, 11) is 0.0789. The summed E-state index contributed by atoms with van der Waals surface area (Å²) in [4.78, 5) is 21.2. The van der Waals surface area contributed by atoms with Crippen LogP contribution >= 0.6 is 0 Å². The van der Waals surface area contributed by atoms with Crippen LogP contribution in [-0.4, -0.2) is 48.6 Å². The zero-order valence-corrected chi connectivity index (χ0v) is 23.0. The van der Waals surface area contributed by atoms with E-state index < -0.39 is 8.32 Å². The van der Waals surface area contributed by atoms with Gasteiger partial charge in [0.05, 0.1) is 29.8 Å². The van der Waals surface area contributed by atoms with E-state index in [1.54, 1.807) is 19.1 Å². The Hall–Kier alpha value is -3.37. The van der Waals surface area contributed by atoms with Gasteiger partial charge in [-0.15, -0.1) is 0 Å². The van der Waals surface area contributed by atoms with E-state index in [0.29, 0.717) is 59.7 Å². The van der Waals surface area contributed by atoms with E-state index >= 15 is 0 Å². The number of benzene rings is 2. The lowest BCUT2D eigenvalue weighted by atomic mass is 10.2. The number of carbonyl (C=O) groups excluding carboxylic acids is 1. The highest BCUT2D eigenvalue weighted by molar-refractivity contribution is 6.74. The lowest BCUT2D eigenvalue weighted by Crippen LogP contribution is -2.41. The summed E-state index contributed by atoms with van der Waals surface area (Å²) >= 11 is 0. The number of ether oxygens (including phenoxy) is 2. The van der Waals surface area contributed by atoms with E-state index in [1.807, 2.05) is 35.9 Å². The molecule has 0 aliphatic rings. The average Bonchev–Trinajstić information content (AvgIpc) is 3.35. The van der Waals surface area contributed by atoms with Crippen LogP contribution in [0.5, 0.6) is 5.75 Å². The van der Waals surface area contributed by atoms with E-state index in [0.717, 1.165) is 5.52 Å². The summed E-state index contributed by atoms with van der Waals surface area (Å²) in [5.41, 5.74) is 3.28. The quantitative estimate of drug-likeness (QED) is 0.165. The molecule has 0 spiro atoms. The van der Waals surface area contributed by atoms with Crippen LogP contribution < -0.4 is 10.1 Å². The van der Waals surface area contributed by atoms with E-state index in [4.69, 9.17) is 18.3 Å². The molecule has 4 rings (SSSR count). The molecule has 1 N–H and O–H groups in total. The first-order valence-electron chi connectivity index (χ1n) is 12.1. The second kappa shape index (κ2) is 9.94. The molecule has 0 saturated carbocycles. The highest BCUT2D eigenvalue weighted by Gasteiger charge is 2.36. The maximum atomic E-state index is 12.1. The van der Waals surface area contributed by atoms with Crippen LogP contribution in [0, 0.1) is 0 Å². The molecule has 2 aromatic carbocycles. The SMILES string of the molecule is CCOC(=O)c1ccc2c(c1)nc(Nc1nc3ccc(OCCO[Si](C)(C)C(C)(C)C)cc3o1)n2C. The maximum absolute atomic E-state index is 12.1. The Morgan fingerprint density at radius 2 is 1.86 bits per heavy atom. The Kier molecular flexibility index (Phi) is 7.10. The molecule has 0 unspecified atom stereocenters. The topological polar surface area (TPSA) is 101 Å². The van der Waals surface area contributed by atoms with Crippen molar-refractivity contribution in [2.24, 2.45) is 7.05 Å². The number of anilines is 2. The normalized spacial score (nSPS) is 12.3. The molecule has 36 heavy (non-hydrogen) atoms. The number of aromatic nitrogens is 3. The summed E-state index contributed by atoms with van der Waals surface area (Å²) < 4.78 is 24.9. The highest BCUT2D eigenvalue weighted by Crippen LogP contribution is 2.36. The van der Waals surface area contributed by atoms with Crippen LogP contribution in [0.1, 0.15) is 38.1 Å². The second-order valence-corrected chi connectivity index (χ2v) is 15.0. The first-order valence-corrected chi connectivity index (χ1v) is 15.0. The van der Waals surface area contributed by atoms with Crippen molar-refractivity contribution in [2.45, 2.75) is 45.8 Å². The molecule has 192 valence electrons. The van der Waals surface area contributed by atoms with Gasteiger partial charge in [-0.2, -0.15) is 4.98 Å². The third-order valence-electron chi connectivity index (χ3n) is 6.59. The maximum Gasteiger partial charge on any atom is 0.338 e. The molecule has 9 nitrogen and oxygen atoms in total. The predicted molar refractivity (Wildman–Crippen MR) is 143 cm³/mol. The molecule has 0 aliphatic heterocycles. The highest BCUT2D eigenvalue weighted by atomic mass is 28.4. The average molecular weight is 511 g/mol. The molecular formula is C26H34N4O5Si. The van der Waals surface area contributed by atoms with Gasteiger partial charge in [0.1, 0.15) is 17.9 Å². The Morgan fingerprint density at radius 1 is 1.08 bits per heavy atom. The van der Waals surface area contributed by atoms with Crippen molar-refractivity contribution in [3.8, 4) is 5.75 Å². The monoisotopic (exact) mass is 510 g/mol. The van der Waals surface area contributed by atoms with Crippen LogP contribution in [0.3, 0.4) is 0 Å². The molecule has 0 atom stereocenters. The van der Waals surface area contributed by atoms with Gasteiger partial charge in [0.25, 0.3) is 0 Å². The number of hydrogen-bond donors (Lipinski definition) is 1. The fourth-order valence-corrected chi connectivity index (χ4v) is 4.50. The minimum Gasteiger partial charge on any atom is -0.491 e. The van der Waals surface area contributed by atoms with Crippen molar-refractivity contribution >= 4 is 48.4 Å². The number of hydrogen-bond acceptors (Lipinski definition) is 8. The van der Waals surface area contributed by atoms with Crippen LogP contribution in [0.25, 0.3) is 22.1 Å². The molecule has 10 heteroatoms. The molecule has 0 fully saturated rings. The number of esters is 1. The Labute approximate surface area is 211 Å². The fourth-order valence-electron chi connectivity index (χ4n) is 3.47. The van der Waals surface area contributed by atoms with E-state index in [1.165, 1.54) is 0 Å². The largest absolute Gasteiger partial charge is 0.491 e. The molecule has 0 bridgehead atoms. The number of imidazole rings is 1. The van der Waals surface area contributed by atoms with Crippen LogP contribution in [0.15, 0.2) is 40.8 Å². The molecule has 4 aromatic rings. The van der Waals surface area contributed by atoms with Gasteiger partial charge in [-0.1, -0.05) is 20.8 Å². The Bertz CT molecular complexity index is 1390. The van der Waals surface area contributed by atoms with Gasteiger partial charge >= 0.3 is 12.0 Å². The van der Waals surface area contributed by atoms with Crippen molar-refractivity contribution < 1.29 is 23.1 Å². The van der Waals surface area contributed by atoms with Gasteiger partial charge < -0.3 is 22.9 Å². The van der Waals surface area contributed by atoms with Gasteiger partial charge in [-0.05, 0) is 55.4 Å². The van der Waals surface area contributed by atoms with E-state index in [9.17, 15) is 4.79 Å². The first kappa shape index (κ1) is 25.7. The third kappa shape index (κ3) is 5.39. The smallest absolute Gasteiger partial charge is 0.338 e. The lowest BCUT2D eigenvalue weighted by molar-refractivity contribution is 0.0526. The zero-order chi connectivity index (χ0) is 26.1. The van der Waals surface area contributed by atoms with Crippen molar-refractivity contribution in [2.75, 3.05) is 25.1 Å². The summed E-state index contributed by atoms with van der Waals surface area (Å²) in [5, 5.41) is 3.29. The molecule has 0 radical (unpaired) electrons. The van der Waals surface area contributed by atoms with Crippen molar-refractivity contribution in [1.29, 1.82) is 0 Å². The van der Waals surface area contributed by atoms with Gasteiger partial charge in [0.15, 0.2) is 13.9 Å². The molecule has 2 aromatic heterocycles. The van der Waals surface area contributed by atoms with Crippen LogP contribution in [-0.2, 0) is 16.2 Å². The summed E-state index contributed by atoms with van der Waals surface area (Å²) in [6.07, 6.45) is 0. The van der Waals surface area contributed by atoms with Gasteiger partial charge in [0.2, 0.25) is 5.95 Å². The number of rotatable bonds is 9. The number of aryl methyl sites for hydroxylation is 1. The van der Waals surface area contributed by atoms with E-state index in [-0.39, 0.29) is 11.0 Å². The number of oxazole rings is 1. The second-order valence-electron chi connectivity index (χ2n) is 10.1. The summed E-state index contributed by atoms with van der Waals surface area (Å²) in [6.45, 7) is 14.2. The summed E-state index contributed by atoms with van der Waals surface area (Å²) in [6, 6.07) is 11.1.